The summed E-state index contributed by atoms with van der Waals surface area (Å²) in [5.74, 6) is 1.14. The number of nitrogens with zero attached hydrogens (tertiary/aromatic N) is 2. The summed E-state index contributed by atoms with van der Waals surface area (Å²) < 4.78 is 0. The van der Waals surface area contributed by atoms with Gasteiger partial charge in [-0.3, -0.25) is 4.79 Å². The third kappa shape index (κ3) is 5.34. The highest BCUT2D eigenvalue weighted by Crippen LogP contribution is 2.17. The maximum absolute atomic E-state index is 11.9. The van der Waals surface area contributed by atoms with E-state index in [1.807, 2.05) is 38.2 Å². The zero-order chi connectivity index (χ0) is 15.3. The van der Waals surface area contributed by atoms with Gasteiger partial charge in [0.05, 0.1) is 0 Å². The molecule has 2 rings (SSSR count). The number of nitrogens with two attached hydrogens (primary N) is 1. The standard InChI is InChI=1S/C16H26N4O/c1-16(2,17)9-6-15(21)19-13-7-11-20(12-8-13)14-5-3-4-10-18-14/h3-5,10,13H,6-9,11-12,17H2,1-2H3,(H,19,21). The van der Waals surface area contributed by atoms with Crippen molar-refractivity contribution in [3.8, 4) is 0 Å². The molecule has 0 aromatic carbocycles. The fourth-order valence-electron chi connectivity index (χ4n) is 2.53. The second-order valence-electron chi connectivity index (χ2n) is 6.51. The van der Waals surface area contributed by atoms with Crippen molar-refractivity contribution in [2.45, 2.75) is 51.1 Å². The van der Waals surface area contributed by atoms with E-state index < -0.39 is 0 Å². The van der Waals surface area contributed by atoms with Gasteiger partial charge in [0.1, 0.15) is 5.82 Å². The lowest BCUT2D eigenvalue weighted by molar-refractivity contribution is -0.122. The highest BCUT2D eigenvalue weighted by atomic mass is 16.1. The average molecular weight is 290 g/mol. The minimum Gasteiger partial charge on any atom is -0.356 e. The van der Waals surface area contributed by atoms with Crippen LogP contribution in [0.15, 0.2) is 24.4 Å². The summed E-state index contributed by atoms with van der Waals surface area (Å²) >= 11 is 0. The molecule has 1 aliphatic rings. The second kappa shape index (κ2) is 6.89. The van der Waals surface area contributed by atoms with Crippen LogP contribution in [0.2, 0.25) is 0 Å². The predicted octanol–water partition coefficient (Wildman–Crippen LogP) is 1.68. The Morgan fingerprint density at radius 1 is 1.43 bits per heavy atom. The Labute approximate surface area is 126 Å². The Hall–Kier alpha value is -1.62. The molecule has 5 nitrogen and oxygen atoms in total. The Morgan fingerprint density at radius 2 is 2.14 bits per heavy atom. The Balaban J connectivity index is 1.73. The van der Waals surface area contributed by atoms with E-state index in [0.717, 1.165) is 31.7 Å². The molecule has 21 heavy (non-hydrogen) atoms. The highest BCUT2D eigenvalue weighted by molar-refractivity contribution is 5.76. The fraction of sp³-hybridized carbons (Fsp3) is 0.625. The van der Waals surface area contributed by atoms with Gasteiger partial charge in [0.15, 0.2) is 0 Å². The monoisotopic (exact) mass is 290 g/mol. The van der Waals surface area contributed by atoms with E-state index in [1.54, 1.807) is 0 Å². The molecule has 1 aromatic rings. The molecule has 0 spiro atoms. The predicted molar refractivity (Wildman–Crippen MR) is 85.1 cm³/mol. The van der Waals surface area contributed by atoms with Gasteiger partial charge in [-0.25, -0.2) is 4.98 Å². The zero-order valence-corrected chi connectivity index (χ0v) is 13.0. The van der Waals surface area contributed by atoms with Crippen LogP contribution in [0, 0.1) is 0 Å². The number of amides is 1. The summed E-state index contributed by atoms with van der Waals surface area (Å²) in [6, 6.07) is 6.24. The summed E-state index contributed by atoms with van der Waals surface area (Å²) in [5, 5.41) is 3.12. The molecule has 0 aliphatic carbocycles. The van der Waals surface area contributed by atoms with Crippen LogP contribution < -0.4 is 16.0 Å². The average Bonchev–Trinajstić information content (AvgIpc) is 2.46. The maximum atomic E-state index is 11.9. The topological polar surface area (TPSA) is 71.2 Å². The molecule has 0 atom stereocenters. The number of aromatic nitrogens is 1. The Kier molecular flexibility index (Phi) is 5.17. The van der Waals surface area contributed by atoms with Crippen molar-refractivity contribution >= 4 is 11.7 Å². The minimum atomic E-state index is -0.278. The van der Waals surface area contributed by atoms with Gasteiger partial charge in [-0.15, -0.1) is 0 Å². The molecule has 3 N–H and O–H groups in total. The lowest BCUT2D eigenvalue weighted by Crippen LogP contribution is -2.45. The molecule has 1 fully saturated rings. The molecule has 2 heterocycles. The number of piperidine rings is 1. The first kappa shape index (κ1) is 15.8. The smallest absolute Gasteiger partial charge is 0.220 e. The van der Waals surface area contributed by atoms with Crippen molar-refractivity contribution in [3.05, 3.63) is 24.4 Å². The molecule has 1 aromatic heterocycles. The fourth-order valence-corrected chi connectivity index (χ4v) is 2.53. The van der Waals surface area contributed by atoms with E-state index in [2.05, 4.69) is 15.2 Å². The van der Waals surface area contributed by atoms with Crippen LogP contribution >= 0.6 is 0 Å². The van der Waals surface area contributed by atoms with Crippen molar-refractivity contribution in [2.75, 3.05) is 18.0 Å². The number of rotatable bonds is 5. The van der Waals surface area contributed by atoms with Crippen molar-refractivity contribution in [2.24, 2.45) is 5.73 Å². The summed E-state index contributed by atoms with van der Waals surface area (Å²) in [4.78, 5) is 18.6. The van der Waals surface area contributed by atoms with E-state index in [4.69, 9.17) is 5.73 Å². The molecule has 0 bridgehead atoms. The zero-order valence-electron chi connectivity index (χ0n) is 13.0. The first-order valence-corrected chi connectivity index (χ1v) is 7.68. The molecule has 5 heteroatoms. The van der Waals surface area contributed by atoms with E-state index >= 15 is 0 Å². The number of hydrogen-bond acceptors (Lipinski definition) is 4. The molecule has 116 valence electrons. The molecule has 1 saturated heterocycles. The van der Waals surface area contributed by atoms with Crippen molar-refractivity contribution in [1.29, 1.82) is 0 Å². The van der Waals surface area contributed by atoms with Crippen LogP contribution in [-0.4, -0.2) is 35.6 Å². The molecule has 0 saturated carbocycles. The largest absolute Gasteiger partial charge is 0.356 e. The van der Waals surface area contributed by atoms with E-state index in [1.165, 1.54) is 0 Å². The van der Waals surface area contributed by atoms with Crippen LogP contribution in [0.4, 0.5) is 5.82 Å². The SMILES string of the molecule is CC(C)(N)CCC(=O)NC1CCN(c2ccccn2)CC1. The third-order valence-electron chi connectivity index (χ3n) is 3.83. The van der Waals surface area contributed by atoms with Crippen molar-refractivity contribution < 1.29 is 4.79 Å². The van der Waals surface area contributed by atoms with Gasteiger partial charge in [-0.1, -0.05) is 6.07 Å². The molecule has 1 amide bonds. The Bertz CT molecular complexity index is 447. The van der Waals surface area contributed by atoms with Gasteiger partial charge in [0.2, 0.25) is 5.91 Å². The third-order valence-corrected chi connectivity index (χ3v) is 3.83. The van der Waals surface area contributed by atoms with Gasteiger partial charge < -0.3 is 16.0 Å². The summed E-state index contributed by atoms with van der Waals surface area (Å²) in [6.07, 6.45) is 4.97. The van der Waals surface area contributed by atoms with Crippen LogP contribution in [0.3, 0.4) is 0 Å². The minimum absolute atomic E-state index is 0.116. The van der Waals surface area contributed by atoms with Crippen LogP contribution in [0.5, 0.6) is 0 Å². The number of anilines is 1. The summed E-state index contributed by atoms with van der Waals surface area (Å²) in [6.45, 7) is 5.77. The first-order valence-electron chi connectivity index (χ1n) is 7.68. The molecule has 0 radical (unpaired) electrons. The molecule has 1 aliphatic heterocycles. The van der Waals surface area contributed by atoms with E-state index in [-0.39, 0.29) is 17.5 Å². The first-order chi connectivity index (χ1) is 9.94. The van der Waals surface area contributed by atoms with Crippen LogP contribution in [0.1, 0.15) is 39.5 Å². The summed E-state index contributed by atoms with van der Waals surface area (Å²) in [5.41, 5.74) is 5.63. The highest BCUT2D eigenvalue weighted by Gasteiger charge is 2.22. The van der Waals surface area contributed by atoms with Gasteiger partial charge in [-0.05, 0) is 45.2 Å². The normalized spacial score (nSPS) is 16.8. The Morgan fingerprint density at radius 3 is 2.71 bits per heavy atom. The quantitative estimate of drug-likeness (QED) is 0.865. The van der Waals surface area contributed by atoms with Gasteiger partial charge in [-0.2, -0.15) is 0 Å². The van der Waals surface area contributed by atoms with Gasteiger partial charge in [0, 0.05) is 37.3 Å². The van der Waals surface area contributed by atoms with E-state index in [0.29, 0.717) is 12.8 Å². The molecule has 0 unspecified atom stereocenters. The van der Waals surface area contributed by atoms with Crippen LogP contribution in [0.25, 0.3) is 0 Å². The number of carbonyl (C=O) groups is 1. The van der Waals surface area contributed by atoms with Crippen molar-refractivity contribution in [1.82, 2.24) is 10.3 Å². The summed E-state index contributed by atoms with van der Waals surface area (Å²) in [7, 11) is 0. The molecular weight excluding hydrogens is 264 g/mol. The number of carbonyl (C=O) groups excluding carboxylic acids is 1. The molecular formula is C16H26N4O. The number of pyridine rings is 1. The van der Waals surface area contributed by atoms with Crippen molar-refractivity contribution in [3.63, 3.8) is 0 Å². The number of hydrogen-bond donors (Lipinski definition) is 2. The van der Waals surface area contributed by atoms with Gasteiger partial charge in [0.25, 0.3) is 0 Å². The lowest BCUT2D eigenvalue weighted by Gasteiger charge is -2.33. The van der Waals surface area contributed by atoms with E-state index in [9.17, 15) is 4.79 Å². The van der Waals surface area contributed by atoms with Gasteiger partial charge >= 0.3 is 0 Å². The second-order valence-corrected chi connectivity index (χ2v) is 6.51. The maximum Gasteiger partial charge on any atom is 0.220 e. The lowest BCUT2D eigenvalue weighted by atomic mass is 9.99. The van der Waals surface area contributed by atoms with Crippen LogP contribution in [-0.2, 0) is 4.79 Å². The number of nitrogens with one attached hydrogen (secondary N) is 1.